The Morgan fingerprint density at radius 1 is 0.329 bits per heavy atom. The van der Waals surface area contributed by atoms with Crippen LogP contribution in [0, 0.1) is 41.5 Å². The third kappa shape index (κ3) is 7.72. The van der Waals surface area contributed by atoms with Crippen molar-refractivity contribution in [1.82, 2.24) is 19.9 Å². The highest BCUT2D eigenvalue weighted by Gasteiger charge is 2.24. The number of hydrogen-bond acceptors (Lipinski definition) is 4. The number of benzene rings is 6. The lowest BCUT2D eigenvalue weighted by atomic mass is 9.91. The molecule has 0 atom stereocenters. The number of aromatic nitrogens is 4. The van der Waals surface area contributed by atoms with Gasteiger partial charge in [0.05, 0.1) is 36.0 Å². The van der Waals surface area contributed by atoms with Gasteiger partial charge in [-0.25, -0.2) is 9.97 Å². The van der Waals surface area contributed by atoms with E-state index >= 15 is 0 Å². The zero-order chi connectivity index (χ0) is 48.2. The van der Waals surface area contributed by atoms with Gasteiger partial charge in [0.25, 0.3) is 0 Å². The molecule has 2 aliphatic heterocycles. The van der Waals surface area contributed by atoms with Gasteiger partial charge >= 0.3 is 0 Å². The van der Waals surface area contributed by atoms with E-state index in [1.807, 2.05) is 36.4 Å². The number of aromatic amines is 2. The van der Waals surface area contributed by atoms with Crippen molar-refractivity contribution in [2.75, 3.05) is 0 Å². The van der Waals surface area contributed by atoms with Crippen molar-refractivity contribution in [3.8, 4) is 66.8 Å². The normalized spacial score (nSPS) is 12.0. The van der Waals surface area contributed by atoms with Crippen LogP contribution in [0.2, 0.25) is 0 Å². The molecule has 11 rings (SSSR count). The molecule has 8 bridgehead atoms. The summed E-state index contributed by atoms with van der Waals surface area (Å²) in [6.45, 7) is 12.9. The molecule has 9 aromatic rings. The summed E-state index contributed by atoms with van der Waals surface area (Å²) in [5, 5.41) is 21.3. The van der Waals surface area contributed by atoms with E-state index in [9.17, 15) is 10.2 Å². The summed E-state index contributed by atoms with van der Waals surface area (Å²) < 4.78 is 0. The van der Waals surface area contributed by atoms with Crippen molar-refractivity contribution in [3.63, 3.8) is 0 Å². The van der Waals surface area contributed by atoms with Crippen LogP contribution < -0.4 is 0 Å². The molecule has 6 aromatic carbocycles. The summed E-state index contributed by atoms with van der Waals surface area (Å²) in [7, 11) is 0. The summed E-state index contributed by atoms with van der Waals surface area (Å²) in [6.07, 6.45) is 8.61. The van der Waals surface area contributed by atoms with Crippen molar-refractivity contribution >= 4 is 46.4 Å². The topological polar surface area (TPSA) is 97.8 Å². The quantitative estimate of drug-likeness (QED) is 0.122. The number of nitrogens with zero attached hydrogens (tertiary/aromatic N) is 2. The maximum atomic E-state index is 10.6. The molecule has 0 radical (unpaired) electrons. The summed E-state index contributed by atoms with van der Waals surface area (Å²) in [5.41, 5.74) is 27.8. The Balaban J connectivity index is 1.35. The van der Waals surface area contributed by atoms with Crippen molar-refractivity contribution in [3.05, 3.63) is 213 Å². The van der Waals surface area contributed by atoms with Crippen LogP contribution in [0.1, 0.15) is 67.3 Å². The van der Waals surface area contributed by atoms with Gasteiger partial charge in [-0.2, -0.15) is 0 Å². The van der Waals surface area contributed by atoms with Gasteiger partial charge in [-0.3, -0.25) is 0 Å². The second kappa shape index (κ2) is 18.1. The minimum Gasteiger partial charge on any atom is -0.392 e. The van der Waals surface area contributed by atoms with Gasteiger partial charge < -0.3 is 20.2 Å². The third-order valence-electron chi connectivity index (χ3n) is 14.0. The van der Waals surface area contributed by atoms with Crippen molar-refractivity contribution in [1.29, 1.82) is 0 Å². The first-order chi connectivity index (χ1) is 34.1. The maximum absolute atomic E-state index is 10.6. The van der Waals surface area contributed by atoms with E-state index in [-0.39, 0.29) is 13.2 Å². The van der Waals surface area contributed by atoms with Crippen LogP contribution in [0.4, 0.5) is 0 Å². The lowest BCUT2D eigenvalue weighted by molar-refractivity contribution is 0.282. The molecule has 6 heteroatoms. The van der Waals surface area contributed by atoms with Crippen LogP contribution in [0.3, 0.4) is 0 Å². The summed E-state index contributed by atoms with van der Waals surface area (Å²) in [5.74, 6) is 0. The van der Waals surface area contributed by atoms with Gasteiger partial charge in [0.15, 0.2) is 0 Å². The van der Waals surface area contributed by atoms with Crippen molar-refractivity contribution in [2.24, 2.45) is 0 Å². The molecular weight excluding hydrogens is 857 g/mol. The monoisotopic (exact) mass is 910 g/mol. The predicted molar refractivity (Wildman–Crippen MR) is 292 cm³/mol. The van der Waals surface area contributed by atoms with Gasteiger partial charge in [0, 0.05) is 44.3 Å². The number of aliphatic hydroxyl groups is 2. The van der Waals surface area contributed by atoms with E-state index < -0.39 is 0 Å². The van der Waals surface area contributed by atoms with Crippen LogP contribution in [0.15, 0.2) is 146 Å². The van der Waals surface area contributed by atoms with Gasteiger partial charge in [-0.1, -0.05) is 132 Å². The highest BCUT2D eigenvalue weighted by molar-refractivity contribution is 6.04. The standard InChI is InChI=1S/C64H54N4O2/c1-37-31-39(3)59(40(4)32-37)63-55-27-23-51(65-55)61(49-21-13-11-19-47(49)45-17-9-7-15-43(45)35-69)53-25-29-57(67-53)64(60-41(5)33-38(2)34-42(60)6)58-30-26-54(68-58)62(52-24-28-56(63)66-52)50-22-14-12-20-48(50)46-18-10-8-16-44(46)36-70/h7-34,65,68-70H,35-36H2,1-6H3. The zero-order valence-corrected chi connectivity index (χ0v) is 40.4. The number of hydrogen-bond donors (Lipinski definition) is 4. The fourth-order valence-corrected chi connectivity index (χ4v) is 11.2. The molecule has 0 saturated carbocycles. The van der Waals surface area contributed by atoms with Gasteiger partial charge in [-0.05, 0) is 168 Å². The smallest absolute Gasteiger partial charge is 0.0737 e. The fraction of sp³-hybridized carbons (Fsp3) is 0.125. The minimum absolute atomic E-state index is 0.0835. The second-order valence-electron chi connectivity index (χ2n) is 18.8. The zero-order valence-electron chi connectivity index (χ0n) is 40.4. The number of rotatable bonds is 8. The van der Waals surface area contributed by atoms with Gasteiger partial charge in [0.1, 0.15) is 0 Å². The minimum atomic E-state index is -0.0835. The predicted octanol–water partition coefficient (Wildman–Crippen LogP) is 15.5. The molecular formula is C64H54N4O2. The molecule has 0 unspecified atom stereocenters. The lowest BCUT2D eigenvalue weighted by Gasteiger charge is -2.15. The first kappa shape index (κ1) is 44.4. The molecule has 0 amide bonds. The van der Waals surface area contributed by atoms with E-state index in [0.717, 1.165) is 145 Å². The Labute approximate surface area is 409 Å². The first-order valence-electron chi connectivity index (χ1n) is 24.0. The van der Waals surface area contributed by atoms with Gasteiger partial charge in [-0.15, -0.1) is 0 Å². The Morgan fingerprint density at radius 3 is 0.957 bits per heavy atom. The molecule has 0 saturated heterocycles. The molecule has 0 spiro atoms. The Bertz CT molecular complexity index is 3530. The Kier molecular flexibility index (Phi) is 11.4. The molecule has 0 fully saturated rings. The number of H-pyrrole nitrogens is 2. The molecule has 4 N–H and O–H groups in total. The van der Waals surface area contributed by atoms with Crippen LogP contribution in [-0.2, 0) is 13.2 Å². The van der Waals surface area contributed by atoms with E-state index in [0.29, 0.717) is 0 Å². The summed E-state index contributed by atoms with van der Waals surface area (Å²) >= 11 is 0. The maximum Gasteiger partial charge on any atom is 0.0737 e. The molecule has 0 aliphatic carbocycles. The molecule has 342 valence electrons. The van der Waals surface area contributed by atoms with Crippen LogP contribution >= 0.6 is 0 Å². The Morgan fingerprint density at radius 2 is 0.614 bits per heavy atom. The van der Waals surface area contributed by atoms with E-state index in [4.69, 9.17) is 9.97 Å². The number of aryl methyl sites for hydroxylation is 6. The number of aliphatic hydroxyl groups excluding tert-OH is 2. The highest BCUT2D eigenvalue weighted by Crippen LogP contribution is 2.44. The largest absolute Gasteiger partial charge is 0.392 e. The van der Waals surface area contributed by atoms with E-state index in [1.54, 1.807) is 0 Å². The van der Waals surface area contributed by atoms with Crippen molar-refractivity contribution in [2.45, 2.75) is 54.8 Å². The van der Waals surface area contributed by atoms with Crippen LogP contribution in [0.5, 0.6) is 0 Å². The third-order valence-corrected chi connectivity index (χ3v) is 14.0. The van der Waals surface area contributed by atoms with E-state index in [1.165, 1.54) is 11.1 Å². The second-order valence-corrected chi connectivity index (χ2v) is 18.8. The molecule has 70 heavy (non-hydrogen) atoms. The SMILES string of the molecule is Cc1cc(C)c(-c2c3nc(c(-c4ccccc4-c4ccccc4CO)c4ccc([nH]4)c(-c4c(C)cc(C)cc4C)c4nc(c(-c5ccccc5-c5ccccc5CO)c5ccc2[nH]5)C=C4)C=C3)c(C)c1. The van der Waals surface area contributed by atoms with Crippen LogP contribution in [-0.4, -0.2) is 30.1 Å². The average Bonchev–Trinajstić information content (AvgIpc) is 4.22. The summed E-state index contributed by atoms with van der Waals surface area (Å²) in [6, 6.07) is 50.8. The van der Waals surface area contributed by atoms with Gasteiger partial charge in [0.2, 0.25) is 0 Å². The fourth-order valence-electron chi connectivity index (χ4n) is 11.2. The van der Waals surface area contributed by atoms with E-state index in [2.05, 4.69) is 185 Å². The highest BCUT2D eigenvalue weighted by atomic mass is 16.3. The molecule has 2 aliphatic rings. The lowest BCUT2D eigenvalue weighted by Crippen LogP contribution is -1.96. The average molecular weight is 911 g/mol. The first-order valence-corrected chi connectivity index (χ1v) is 24.0. The molecule has 6 nitrogen and oxygen atoms in total. The number of fused-ring (bicyclic) bond motifs is 8. The number of nitrogens with one attached hydrogen (secondary N) is 2. The summed E-state index contributed by atoms with van der Waals surface area (Å²) in [4.78, 5) is 19.3. The van der Waals surface area contributed by atoms with Crippen molar-refractivity contribution < 1.29 is 10.2 Å². The molecule has 3 aromatic heterocycles. The molecule has 5 heterocycles. The van der Waals surface area contributed by atoms with Crippen LogP contribution in [0.25, 0.3) is 113 Å². The Hall–Kier alpha value is -8.16.